The summed E-state index contributed by atoms with van der Waals surface area (Å²) in [5, 5.41) is 0.500. The maximum absolute atomic E-state index is 13.4. The molecule has 3 heterocycles. The lowest BCUT2D eigenvalue weighted by Gasteiger charge is -2.39. The van der Waals surface area contributed by atoms with E-state index >= 15 is 0 Å². The molecule has 2 aromatic carbocycles. The Bertz CT molecular complexity index is 1200. The van der Waals surface area contributed by atoms with Crippen LogP contribution in [0, 0.1) is 5.82 Å². The number of halogens is 1. The van der Waals surface area contributed by atoms with Crippen molar-refractivity contribution in [1.29, 1.82) is 0 Å². The van der Waals surface area contributed by atoms with Gasteiger partial charge in [0.2, 0.25) is 10.0 Å². The van der Waals surface area contributed by atoms with Crippen molar-refractivity contribution in [2.45, 2.75) is 50.2 Å². The number of thiazole rings is 1. The minimum absolute atomic E-state index is 0.0641. The molecule has 3 aromatic rings. The fourth-order valence-electron chi connectivity index (χ4n) is 5.04. The van der Waals surface area contributed by atoms with Gasteiger partial charge in [-0.1, -0.05) is 23.5 Å². The average molecular weight is 476 g/mol. The van der Waals surface area contributed by atoms with E-state index in [0.29, 0.717) is 23.0 Å². The Labute approximate surface area is 191 Å². The molecule has 0 radical (unpaired) electrons. The van der Waals surface area contributed by atoms with Crippen LogP contribution in [0.1, 0.15) is 31.2 Å². The van der Waals surface area contributed by atoms with Crippen LogP contribution in [0.3, 0.4) is 0 Å². The third kappa shape index (κ3) is 4.96. The van der Waals surface area contributed by atoms with Gasteiger partial charge in [0, 0.05) is 24.7 Å². The number of nitrogens with zero attached hydrogens (tertiary/aromatic N) is 2. The lowest BCUT2D eigenvalue weighted by molar-refractivity contribution is 0.125. The number of rotatable bonds is 7. The standard InChI is InChI=1S/C23H26FN3O3S2/c1-32(28,29)26-17-13-18-5-6-19(14-17)27(18)11-10-15-2-7-20(8-3-15)30-23-25-21-9-4-16(24)12-22(21)31-23/h2-4,7-9,12,17-19,26H,5-6,10-11,13-14H2,1H3/t17-,18-,19+. The Morgan fingerprint density at radius 3 is 2.56 bits per heavy atom. The molecular weight excluding hydrogens is 449 g/mol. The SMILES string of the molecule is CS(=O)(=O)N[C@@H]1C[C@H]2CC[C@@H](C1)N2CCc1ccc(Oc2nc3ccc(F)cc3s2)cc1. The molecule has 2 fully saturated rings. The maximum atomic E-state index is 13.4. The molecular formula is C23H26FN3O3S2. The van der Waals surface area contributed by atoms with Crippen LogP contribution in [-0.2, 0) is 16.4 Å². The molecule has 5 rings (SSSR count). The summed E-state index contributed by atoms with van der Waals surface area (Å²) >= 11 is 1.33. The first-order valence-corrected chi connectivity index (χ1v) is 13.6. The van der Waals surface area contributed by atoms with Crippen LogP contribution in [0.5, 0.6) is 10.9 Å². The van der Waals surface area contributed by atoms with Gasteiger partial charge in [-0.15, -0.1) is 0 Å². The van der Waals surface area contributed by atoms with Gasteiger partial charge in [0.1, 0.15) is 11.6 Å². The van der Waals surface area contributed by atoms with Crippen LogP contribution in [0.15, 0.2) is 42.5 Å². The summed E-state index contributed by atoms with van der Waals surface area (Å²) in [4.78, 5) is 6.96. The van der Waals surface area contributed by atoms with Crippen molar-refractivity contribution in [2.24, 2.45) is 0 Å². The summed E-state index contributed by atoms with van der Waals surface area (Å²) in [7, 11) is -3.15. The molecule has 0 aliphatic carbocycles. The Morgan fingerprint density at radius 2 is 1.88 bits per heavy atom. The lowest BCUT2D eigenvalue weighted by atomic mass is 9.97. The number of ether oxygens (including phenoxy) is 1. The van der Waals surface area contributed by atoms with Crippen LogP contribution in [-0.4, -0.2) is 49.2 Å². The molecule has 3 atom stereocenters. The lowest BCUT2D eigenvalue weighted by Crippen LogP contribution is -2.50. The number of fused-ring (bicyclic) bond motifs is 3. The van der Waals surface area contributed by atoms with Gasteiger partial charge in [-0.2, -0.15) is 0 Å². The van der Waals surface area contributed by atoms with Gasteiger partial charge in [0.15, 0.2) is 0 Å². The average Bonchev–Trinajstić information content (AvgIpc) is 3.22. The largest absolute Gasteiger partial charge is 0.431 e. The minimum atomic E-state index is -3.15. The van der Waals surface area contributed by atoms with E-state index in [1.54, 1.807) is 6.07 Å². The second kappa shape index (κ2) is 8.70. The predicted molar refractivity (Wildman–Crippen MR) is 124 cm³/mol. The fourth-order valence-corrected chi connectivity index (χ4v) is 6.70. The van der Waals surface area contributed by atoms with E-state index in [1.807, 2.05) is 12.1 Å². The van der Waals surface area contributed by atoms with Gasteiger partial charge < -0.3 is 4.74 Å². The molecule has 0 unspecified atom stereocenters. The Kier molecular flexibility index (Phi) is 5.92. The molecule has 2 bridgehead atoms. The number of nitrogens with one attached hydrogen (secondary N) is 1. The highest BCUT2D eigenvalue weighted by molar-refractivity contribution is 7.88. The Morgan fingerprint density at radius 1 is 1.16 bits per heavy atom. The highest BCUT2D eigenvalue weighted by Gasteiger charge is 2.40. The van der Waals surface area contributed by atoms with Crippen LogP contribution < -0.4 is 9.46 Å². The van der Waals surface area contributed by atoms with Gasteiger partial charge in [-0.3, -0.25) is 4.90 Å². The zero-order chi connectivity index (χ0) is 22.3. The number of hydrogen-bond acceptors (Lipinski definition) is 6. The van der Waals surface area contributed by atoms with Crippen molar-refractivity contribution in [3.63, 3.8) is 0 Å². The third-order valence-corrected chi connectivity index (χ3v) is 8.04. The van der Waals surface area contributed by atoms with Crippen LogP contribution in [0.25, 0.3) is 10.2 Å². The smallest absolute Gasteiger partial charge is 0.279 e. The van der Waals surface area contributed by atoms with E-state index in [0.717, 1.165) is 48.9 Å². The second-order valence-corrected chi connectivity index (χ2v) is 11.5. The Hall–Kier alpha value is -2.07. The van der Waals surface area contributed by atoms with Gasteiger partial charge in [-0.05, 0) is 68.0 Å². The normalized spacial score (nSPS) is 23.6. The number of sulfonamides is 1. The van der Waals surface area contributed by atoms with Crippen LogP contribution in [0.2, 0.25) is 0 Å². The van der Waals surface area contributed by atoms with Gasteiger partial charge in [-0.25, -0.2) is 22.5 Å². The van der Waals surface area contributed by atoms with Gasteiger partial charge in [0.25, 0.3) is 5.19 Å². The number of benzene rings is 2. The molecule has 9 heteroatoms. The van der Waals surface area contributed by atoms with E-state index < -0.39 is 10.0 Å². The zero-order valence-electron chi connectivity index (χ0n) is 17.8. The topological polar surface area (TPSA) is 71.5 Å². The molecule has 2 aliphatic rings. The van der Waals surface area contributed by atoms with E-state index in [-0.39, 0.29) is 11.9 Å². The fraction of sp³-hybridized carbons (Fsp3) is 0.435. The molecule has 2 saturated heterocycles. The highest BCUT2D eigenvalue weighted by atomic mass is 32.2. The van der Waals surface area contributed by atoms with Crippen LogP contribution in [0.4, 0.5) is 4.39 Å². The number of hydrogen-bond donors (Lipinski definition) is 1. The van der Waals surface area contributed by atoms with E-state index in [2.05, 4.69) is 26.7 Å². The third-order valence-electron chi connectivity index (χ3n) is 6.38. The summed E-state index contributed by atoms with van der Waals surface area (Å²) in [6.45, 7) is 0.977. The highest BCUT2D eigenvalue weighted by Crippen LogP contribution is 2.36. The van der Waals surface area contributed by atoms with Crippen molar-refractivity contribution in [2.75, 3.05) is 12.8 Å². The first kappa shape index (κ1) is 21.8. The molecule has 32 heavy (non-hydrogen) atoms. The zero-order valence-corrected chi connectivity index (χ0v) is 19.5. The van der Waals surface area contributed by atoms with E-state index in [9.17, 15) is 12.8 Å². The van der Waals surface area contributed by atoms with Crippen molar-refractivity contribution >= 4 is 31.6 Å². The van der Waals surface area contributed by atoms with Crippen molar-refractivity contribution in [1.82, 2.24) is 14.6 Å². The first-order valence-electron chi connectivity index (χ1n) is 10.9. The summed E-state index contributed by atoms with van der Waals surface area (Å²) in [6, 6.07) is 13.5. The maximum Gasteiger partial charge on any atom is 0.279 e. The quantitative estimate of drug-likeness (QED) is 0.551. The number of aromatic nitrogens is 1. The van der Waals surface area contributed by atoms with E-state index in [4.69, 9.17) is 4.74 Å². The van der Waals surface area contributed by atoms with Gasteiger partial charge in [0.05, 0.1) is 16.5 Å². The molecule has 0 amide bonds. The Balaban J connectivity index is 1.17. The summed E-state index contributed by atoms with van der Waals surface area (Å²) in [5.41, 5.74) is 1.97. The van der Waals surface area contributed by atoms with Crippen molar-refractivity contribution < 1.29 is 17.5 Å². The van der Waals surface area contributed by atoms with Crippen molar-refractivity contribution in [3.8, 4) is 10.9 Å². The summed E-state index contributed by atoms with van der Waals surface area (Å²) in [6.07, 6.45) is 6.25. The molecule has 0 saturated carbocycles. The molecule has 6 nitrogen and oxygen atoms in total. The first-order chi connectivity index (χ1) is 15.3. The molecule has 170 valence electrons. The number of piperidine rings is 1. The monoisotopic (exact) mass is 475 g/mol. The summed E-state index contributed by atoms with van der Waals surface area (Å²) in [5.74, 6) is 0.433. The second-order valence-electron chi connectivity index (χ2n) is 8.77. The van der Waals surface area contributed by atoms with E-state index in [1.165, 1.54) is 35.3 Å². The minimum Gasteiger partial charge on any atom is -0.431 e. The van der Waals surface area contributed by atoms with Crippen molar-refractivity contribution in [3.05, 3.63) is 53.8 Å². The molecule has 2 aliphatic heterocycles. The molecule has 1 aromatic heterocycles. The predicted octanol–water partition coefficient (Wildman–Crippen LogP) is 4.31. The van der Waals surface area contributed by atoms with Crippen LogP contribution >= 0.6 is 11.3 Å². The molecule has 0 spiro atoms. The molecule has 1 N–H and O–H groups in total. The van der Waals surface area contributed by atoms with Gasteiger partial charge >= 0.3 is 0 Å². The summed E-state index contributed by atoms with van der Waals surface area (Å²) < 4.78 is 45.9.